The number of ether oxygens (including phenoxy) is 2. The fourth-order valence-corrected chi connectivity index (χ4v) is 3.55. The topological polar surface area (TPSA) is 73.6 Å². The molecule has 6 nitrogen and oxygen atoms in total. The van der Waals surface area contributed by atoms with Crippen molar-refractivity contribution in [1.29, 1.82) is 0 Å². The van der Waals surface area contributed by atoms with Crippen molar-refractivity contribution in [1.82, 2.24) is 4.98 Å². The molecule has 32 heavy (non-hydrogen) atoms. The van der Waals surface area contributed by atoms with Crippen LogP contribution in [0, 0.1) is 6.92 Å². The first-order chi connectivity index (χ1) is 15.3. The van der Waals surface area contributed by atoms with Crippen LogP contribution in [0.5, 0.6) is 11.5 Å². The van der Waals surface area contributed by atoms with Crippen molar-refractivity contribution in [2.75, 3.05) is 12.4 Å². The Bertz CT molecular complexity index is 1300. The number of aromatic nitrogens is 1. The number of carbonyl (C=O) groups excluding carboxylic acids is 1. The van der Waals surface area contributed by atoms with Gasteiger partial charge in [0.15, 0.2) is 11.7 Å². The third kappa shape index (κ3) is 4.66. The van der Waals surface area contributed by atoms with Crippen LogP contribution in [0.1, 0.15) is 12.5 Å². The highest BCUT2D eigenvalue weighted by Crippen LogP contribution is 2.31. The van der Waals surface area contributed by atoms with Gasteiger partial charge in [0.05, 0.1) is 12.1 Å². The molecule has 0 saturated heterocycles. The van der Waals surface area contributed by atoms with E-state index in [0.29, 0.717) is 44.2 Å². The molecule has 3 aromatic carbocycles. The monoisotopic (exact) mass is 470 g/mol. The van der Waals surface area contributed by atoms with Crippen molar-refractivity contribution in [2.24, 2.45) is 0 Å². The van der Waals surface area contributed by atoms with E-state index in [1.165, 1.54) is 0 Å². The van der Waals surface area contributed by atoms with E-state index in [4.69, 9.17) is 37.1 Å². The Morgan fingerprint density at radius 3 is 2.66 bits per heavy atom. The number of rotatable bonds is 6. The molecule has 1 aromatic heterocycles. The number of fused-ring (bicyclic) bond motifs is 1. The Hall–Kier alpha value is -3.22. The van der Waals surface area contributed by atoms with Gasteiger partial charge in [0.2, 0.25) is 5.89 Å². The minimum atomic E-state index is -0.784. The summed E-state index contributed by atoms with van der Waals surface area (Å²) in [5.41, 5.74) is 3.58. The molecule has 0 aliphatic rings. The highest BCUT2D eigenvalue weighted by Gasteiger charge is 2.18. The molecule has 4 aromatic rings. The summed E-state index contributed by atoms with van der Waals surface area (Å²) >= 11 is 12.0. The minimum Gasteiger partial charge on any atom is -0.497 e. The molecule has 0 spiro atoms. The first-order valence-corrected chi connectivity index (χ1v) is 10.6. The maximum Gasteiger partial charge on any atom is 0.265 e. The first kappa shape index (κ1) is 22.0. The molecule has 0 aliphatic carbocycles. The van der Waals surface area contributed by atoms with Crippen LogP contribution in [-0.2, 0) is 4.79 Å². The molecular formula is C24H20Cl2N2O4. The molecule has 0 fully saturated rings. The van der Waals surface area contributed by atoms with Crippen LogP contribution in [-0.4, -0.2) is 24.1 Å². The van der Waals surface area contributed by atoms with Crippen LogP contribution in [0.15, 0.2) is 59.0 Å². The van der Waals surface area contributed by atoms with E-state index in [9.17, 15) is 4.79 Å². The molecule has 0 saturated carbocycles. The Morgan fingerprint density at radius 2 is 1.91 bits per heavy atom. The zero-order valence-electron chi connectivity index (χ0n) is 17.6. The van der Waals surface area contributed by atoms with E-state index >= 15 is 0 Å². The standard InChI is InChI=1S/C24H20Cl2N2O4/c1-13-4-5-15(24-28-20-12-17(30-3)7-9-22(20)32-24)10-19(13)27-23(29)14(2)31-21-8-6-16(25)11-18(21)26/h4-12,14H,1-3H3,(H,27,29). The fourth-order valence-electron chi connectivity index (χ4n) is 3.10. The van der Waals surface area contributed by atoms with Gasteiger partial charge in [-0.25, -0.2) is 4.98 Å². The summed E-state index contributed by atoms with van der Waals surface area (Å²) in [5, 5.41) is 3.73. The van der Waals surface area contributed by atoms with E-state index in [0.717, 1.165) is 11.1 Å². The molecule has 1 N–H and O–H groups in total. The van der Waals surface area contributed by atoms with Gasteiger partial charge >= 0.3 is 0 Å². The minimum absolute atomic E-state index is 0.321. The van der Waals surface area contributed by atoms with Crippen molar-refractivity contribution in [2.45, 2.75) is 20.0 Å². The predicted octanol–water partition coefficient (Wildman–Crippen LogP) is 6.52. The molecule has 0 radical (unpaired) electrons. The first-order valence-electron chi connectivity index (χ1n) is 9.82. The molecule has 0 aliphatic heterocycles. The third-order valence-corrected chi connectivity index (χ3v) is 5.43. The number of hydrogen-bond acceptors (Lipinski definition) is 5. The van der Waals surface area contributed by atoms with Gasteiger partial charge in [0.25, 0.3) is 5.91 Å². The number of anilines is 1. The highest BCUT2D eigenvalue weighted by molar-refractivity contribution is 6.35. The van der Waals surface area contributed by atoms with Gasteiger partial charge in [-0.15, -0.1) is 0 Å². The number of nitrogens with zero attached hydrogens (tertiary/aromatic N) is 1. The fraction of sp³-hybridized carbons (Fsp3) is 0.167. The number of carbonyl (C=O) groups is 1. The molecule has 164 valence electrons. The van der Waals surface area contributed by atoms with E-state index in [1.807, 2.05) is 37.3 Å². The summed E-state index contributed by atoms with van der Waals surface area (Å²) in [6.07, 6.45) is -0.784. The van der Waals surface area contributed by atoms with Gasteiger partial charge in [0.1, 0.15) is 17.0 Å². The number of oxazole rings is 1. The van der Waals surface area contributed by atoms with Crippen molar-refractivity contribution in [3.63, 3.8) is 0 Å². The van der Waals surface area contributed by atoms with Gasteiger partial charge in [-0.2, -0.15) is 0 Å². The number of aryl methyl sites for hydroxylation is 1. The summed E-state index contributed by atoms with van der Waals surface area (Å²) in [6, 6.07) is 15.9. The number of methoxy groups -OCH3 is 1. The normalized spacial score (nSPS) is 11.9. The Kier molecular flexibility index (Phi) is 6.26. The number of amides is 1. The zero-order valence-corrected chi connectivity index (χ0v) is 19.1. The van der Waals surface area contributed by atoms with Crippen molar-refractivity contribution >= 4 is 45.9 Å². The molecule has 8 heteroatoms. The molecule has 4 rings (SSSR count). The maximum atomic E-state index is 12.7. The van der Waals surface area contributed by atoms with Gasteiger partial charge in [-0.05, 0) is 61.9 Å². The molecule has 1 unspecified atom stereocenters. The van der Waals surface area contributed by atoms with E-state index in [1.54, 1.807) is 38.3 Å². The summed E-state index contributed by atoms with van der Waals surface area (Å²) in [7, 11) is 1.60. The van der Waals surface area contributed by atoms with Gasteiger partial charge < -0.3 is 19.2 Å². The SMILES string of the molecule is COc1ccc2oc(-c3ccc(C)c(NC(=O)C(C)Oc4ccc(Cl)cc4Cl)c3)nc2c1. The van der Waals surface area contributed by atoms with Crippen molar-refractivity contribution in [3.8, 4) is 23.0 Å². The van der Waals surface area contributed by atoms with Crippen LogP contribution < -0.4 is 14.8 Å². The van der Waals surface area contributed by atoms with Gasteiger partial charge in [-0.3, -0.25) is 4.79 Å². The average Bonchev–Trinajstić information content (AvgIpc) is 3.20. The Balaban J connectivity index is 1.54. The molecular weight excluding hydrogens is 451 g/mol. The average molecular weight is 471 g/mol. The quantitative estimate of drug-likeness (QED) is 0.346. The summed E-state index contributed by atoms with van der Waals surface area (Å²) in [5.74, 6) is 1.20. The van der Waals surface area contributed by atoms with Crippen LogP contribution in [0.25, 0.3) is 22.6 Å². The lowest BCUT2D eigenvalue weighted by Gasteiger charge is -2.17. The van der Waals surface area contributed by atoms with Crippen LogP contribution in [0.2, 0.25) is 10.0 Å². The lowest BCUT2D eigenvalue weighted by molar-refractivity contribution is -0.122. The second-order valence-corrected chi connectivity index (χ2v) is 8.05. The summed E-state index contributed by atoms with van der Waals surface area (Å²) in [4.78, 5) is 17.3. The molecule has 0 bridgehead atoms. The second-order valence-electron chi connectivity index (χ2n) is 7.21. The van der Waals surface area contributed by atoms with Gasteiger partial charge in [-0.1, -0.05) is 29.3 Å². The predicted molar refractivity (Wildman–Crippen MR) is 126 cm³/mol. The van der Waals surface area contributed by atoms with Crippen LogP contribution in [0.3, 0.4) is 0 Å². The lowest BCUT2D eigenvalue weighted by Crippen LogP contribution is -2.30. The number of halogens is 2. The molecule has 1 atom stereocenters. The zero-order chi connectivity index (χ0) is 22.8. The number of hydrogen-bond donors (Lipinski definition) is 1. The second kappa shape index (κ2) is 9.10. The van der Waals surface area contributed by atoms with Gasteiger partial charge in [0, 0.05) is 22.3 Å². The molecule has 1 heterocycles. The van der Waals surface area contributed by atoms with E-state index in [-0.39, 0.29) is 5.91 Å². The molecule has 1 amide bonds. The van der Waals surface area contributed by atoms with Crippen molar-refractivity contribution in [3.05, 3.63) is 70.2 Å². The number of nitrogens with one attached hydrogen (secondary N) is 1. The summed E-state index contributed by atoms with van der Waals surface area (Å²) in [6.45, 7) is 3.55. The smallest absolute Gasteiger partial charge is 0.265 e. The Labute approximate surface area is 195 Å². The summed E-state index contributed by atoms with van der Waals surface area (Å²) < 4.78 is 16.8. The van der Waals surface area contributed by atoms with Crippen LogP contribution >= 0.6 is 23.2 Å². The van der Waals surface area contributed by atoms with Crippen molar-refractivity contribution < 1.29 is 18.7 Å². The number of benzene rings is 3. The lowest BCUT2D eigenvalue weighted by atomic mass is 10.1. The maximum absolute atomic E-state index is 12.7. The van der Waals surface area contributed by atoms with E-state index in [2.05, 4.69) is 10.3 Å². The largest absolute Gasteiger partial charge is 0.497 e. The Morgan fingerprint density at radius 1 is 1.09 bits per heavy atom. The highest BCUT2D eigenvalue weighted by atomic mass is 35.5. The van der Waals surface area contributed by atoms with Crippen LogP contribution in [0.4, 0.5) is 5.69 Å². The van der Waals surface area contributed by atoms with E-state index < -0.39 is 6.10 Å². The third-order valence-electron chi connectivity index (χ3n) is 4.90.